The van der Waals surface area contributed by atoms with Gasteiger partial charge in [-0.2, -0.15) is 0 Å². The van der Waals surface area contributed by atoms with Gasteiger partial charge in [-0.3, -0.25) is 0 Å². The fraction of sp³-hybridized carbons (Fsp3) is 0.125. The molecule has 3 aromatic carbocycles. The molecule has 0 aliphatic carbocycles. The number of carboxylic acid groups (broad SMARTS) is 1. The topological polar surface area (TPSA) is 94.8 Å². The average Bonchev–Trinajstić information content (AvgIpc) is 3.16. The summed E-state index contributed by atoms with van der Waals surface area (Å²) in [5, 5.41) is 10.3. The molecule has 4 aromatic rings. The van der Waals surface area contributed by atoms with Crippen molar-refractivity contribution >= 4 is 38.5 Å². The van der Waals surface area contributed by atoms with Crippen LogP contribution >= 0.6 is 11.6 Å². The van der Waals surface area contributed by atoms with Gasteiger partial charge in [0.15, 0.2) is 11.5 Å². The Labute approximate surface area is 194 Å². The number of aromatic carboxylic acids is 1. The van der Waals surface area contributed by atoms with E-state index in [0.717, 1.165) is 5.56 Å². The van der Waals surface area contributed by atoms with Crippen LogP contribution in [0.3, 0.4) is 0 Å². The van der Waals surface area contributed by atoms with E-state index >= 15 is 0 Å². The lowest BCUT2D eigenvalue weighted by Crippen LogP contribution is -2.18. The fourth-order valence-corrected chi connectivity index (χ4v) is 5.63. The third-order valence-electron chi connectivity index (χ3n) is 5.43. The number of hydrogen-bond acceptors (Lipinski definition) is 5. The second-order valence-corrected chi connectivity index (χ2v) is 9.82. The molecule has 1 aliphatic rings. The van der Waals surface area contributed by atoms with E-state index in [1.54, 1.807) is 42.5 Å². The molecule has 33 heavy (non-hydrogen) atoms. The zero-order valence-electron chi connectivity index (χ0n) is 17.2. The maximum atomic E-state index is 13.8. The number of aromatic nitrogens is 1. The summed E-state index contributed by atoms with van der Waals surface area (Å²) < 4.78 is 40.0. The molecule has 9 heteroatoms. The van der Waals surface area contributed by atoms with Crippen molar-refractivity contribution in [1.29, 1.82) is 0 Å². The van der Waals surface area contributed by atoms with Crippen LogP contribution in [-0.4, -0.2) is 36.7 Å². The van der Waals surface area contributed by atoms with Crippen LogP contribution in [0.15, 0.2) is 71.6 Å². The van der Waals surface area contributed by atoms with Crippen LogP contribution in [0.25, 0.3) is 10.9 Å². The first-order valence-corrected chi connectivity index (χ1v) is 11.9. The number of benzene rings is 3. The van der Waals surface area contributed by atoms with Crippen molar-refractivity contribution in [2.75, 3.05) is 13.2 Å². The zero-order chi connectivity index (χ0) is 23.2. The van der Waals surface area contributed by atoms with E-state index < -0.39 is 16.0 Å². The number of hydrogen-bond donors (Lipinski definition) is 1. The van der Waals surface area contributed by atoms with Gasteiger partial charge in [0, 0.05) is 28.6 Å². The second kappa shape index (κ2) is 8.13. The van der Waals surface area contributed by atoms with Crippen LogP contribution < -0.4 is 9.47 Å². The number of carboxylic acids is 1. The van der Waals surface area contributed by atoms with E-state index in [-0.39, 0.29) is 16.9 Å². The van der Waals surface area contributed by atoms with Crippen LogP contribution in [0.4, 0.5) is 0 Å². The summed E-state index contributed by atoms with van der Waals surface area (Å²) in [6, 6.07) is 17.7. The minimum Gasteiger partial charge on any atom is -0.486 e. The van der Waals surface area contributed by atoms with Crippen LogP contribution in [0, 0.1) is 0 Å². The number of fused-ring (bicyclic) bond motifs is 2. The van der Waals surface area contributed by atoms with Gasteiger partial charge in [-0.1, -0.05) is 23.7 Å². The predicted molar refractivity (Wildman–Crippen MR) is 123 cm³/mol. The molecular formula is C24H18ClNO6S. The summed E-state index contributed by atoms with van der Waals surface area (Å²) in [6.07, 6.45) is 0.274. The van der Waals surface area contributed by atoms with Crippen molar-refractivity contribution in [3.8, 4) is 11.5 Å². The first-order valence-electron chi connectivity index (χ1n) is 10.1. The number of ether oxygens (including phenoxy) is 2. The molecule has 1 aliphatic heterocycles. The van der Waals surface area contributed by atoms with Crippen molar-refractivity contribution < 1.29 is 27.8 Å². The molecule has 0 radical (unpaired) electrons. The smallest absolute Gasteiger partial charge is 0.335 e. The molecule has 0 bridgehead atoms. The Morgan fingerprint density at radius 2 is 1.67 bits per heavy atom. The van der Waals surface area contributed by atoms with Gasteiger partial charge in [0.1, 0.15) is 13.2 Å². The number of halogens is 1. The lowest BCUT2D eigenvalue weighted by atomic mass is 10.1. The van der Waals surface area contributed by atoms with Crippen LogP contribution in [0.2, 0.25) is 5.02 Å². The van der Waals surface area contributed by atoms with Gasteiger partial charge < -0.3 is 14.6 Å². The van der Waals surface area contributed by atoms with Gasteiger partial charge in [-0.15, -0.1) is 0 Å². The van der Waals surface area contributed by atoms with Gasteiger partial charge in [0.2, 0.25) is 0 Å². The van der Waals surface area contributed by atoms with Crippen molar-refractivity contribution in [2.45, 2.75) is 11.3 Å². The third kappa shape index (κ3) is 3.92. The highest BCUT2D eigenvalue weighted by molar-refractivity contribution is 7.90. The molecule has 2 heterocycles. The van der Waals surface area contributed by atoms with E-state index in [4.69, 9.17) is 26.2 Å². The molecule has 0 spiro atoms. The molecule has 1 N–H and O–H groups in total. The molecule has 0 unspecified atom stereocenters. The Balaban J connectivity index is 1.64. The molecule has 0 amide bonds. The first kappa shape index (κ1) is 21.4. The van der Waals surface area contributed by atoms with Crippen molar-refractivity contribution in [3.05, 3.63) is 88.6 Å². The van der Waals surface area contributed by atoms with Gasteiger partial charge >= 0.3 is 5.97 Å². The average molecular weight is 484 g/mol. The predicted octanol–water partition coefficient (Wildman–Crippen LogP) is 4.59. The summed E-state index contributed by atoms with van der Waals surface area (Å²) in [5.74, 6) is -0.137. The van der Waals surface area contributed by atoms with Gasteiger partial charge in [-0.05, 0) is 54.1 Å². The Bertz CT molecular complexity index is 1490. The summed E-state index contributed by atoms with van der Waals surface area (Å²) in [6.45, 7) is 0.756. The van der Waals surface area contributed by atoms with E-state index in [9.17, 15) is 13.2 Å². The third-order valence-corrected chi connectivity index (χ3v) is 7.43. The molecule has 1 aromatic heterocycles. The molecule has 0 atom stereocenters. The van der Waals surface area contributed by atoms with E-state index in [1.807, 2.05) is 0 Å². The number of rotatable bonds is 5. The molecule has 0 saturated carbocycles. The summed E-state index contributed by atoms with van der Waals surface area (Å²) in [4.78, 5) is 11.2. The van der Waals surface area contributed by atoms with Crippen molar-refractivity contribution in [3.63, 3.8) is 0 Å². The van der Waals surface area contributed by atoms with Gasteiger partial charge in [0.05, 0.1) is 16.0 Å². The molecule has 168 valence electrons. The molecule has 0 fully saturated rings. The fourth-order valence-electron chi connectivity index (χ4n) is 3.89. The quantitative estimate of drug-likeness (QED) is 0.446. The normalized spacial score (nSPS) is 13.2. The van der Waals surface area contributed by atoms with Gasteiger partial charge in [0.25, 0.3) is 10.0 Å². The van der Waals surface area contributed by atoms with E-state index in [0.29, 0.717) is 46.3 Å². The highest BCUT2D eigenvalue weighted by atomic mass is 35.5. The number of carbonyl (C=O) groups is 1. The second-order valence-electron chi connectivity index (χ2n) is 7.59. The molecule has 0 saturated heterocycles. The van der Waals surface area contributed by atoms with Crippen molar-refractivity contribution in [1.82, 2.24) is 3.97 Å². The molecule has 7 nitrogen and oxygen atoms in total. The Kier molecular flexibility index (Phi) is 5.26. The maximum absolute atomic E-state index is 13.8. The minimum atomic E-state index is -4.00. The Morgan fingerprint density at radius 1 is 0.939 bits per heavy atom. The highest BCUT2D eigenvalue weighted by Gasteiger charge is 2.25. The Morgan fingerprint density at radius 3 is 2.39 bits per heavy atom. The number of nitrogens with zero attached hydrogens (tertiary/aromatic N) is 1. The summed E-state index contributed by atoms with van der Waals surface area (Å²) >= 11 is 6.15. The summed E-state index contributed by atoms with van der Waals surface area (Å²) in [5.41, 5.74) is 1.94. The standard InChI is InChI=1S/C24H18ClNO6S/c25-18-5-7-21-17(12-18)13-19(11-15-1-3-16(4-2-15)24(27)28)26(21)33(29,30)20-6-8-22-23(14-20)32-10-9-31-22/h1-8,12-14H,9-11H2,(H,27,28). The van der Waals surface area contributed by atoms with Crippen LogP contribution in [0.1, 0.15) is 21.6 Å². The first-order chi connectivity index (χ1) is 15.8. The SMILES string of the molecule is O=C(O)c1ccc(Cc2cc3cc(Cl)ccc3n2S(=O)(=O)c2ccc3c(c2)OCCO3)cc1. The largest absolute Gasteiger partial charge is 0.486 e. The van der Waals surface area contributed by atoms with Gasteiger partial charge in [-0.25, -0.2) is 17.2 Å². The highest BCUT2D eigenvalue weighted by Crippen LogP contribution is 2.35. The zero-order valence-corrected chi connectivity index (χ0v) is 18.8. The molecular weight excluding hydrogens is 466 g/mol. The minimum absolute atomic E-state index is 0.0710. The monoisotopic (exact) mass is 483 g/mol. The molecule has 5 rings (SSSR count). The van der Waals surface area contributed by atoms with E-state index in [2.05, 4.69) is 0 Å². The summed E-state index contributed by atoms with van der Waals surface area (Å²) in [7, 11) is -4.00. The maximum Gasteiger partial charge on any atom is 0.335 e. The van der Waals surface area contributed by atoms with Crippen LogP contribution in [-0.2, 0) is 16.4 Å². The lowest BCUT2D eigenvalue weighted by molar-refractivity contribution is 0.0697. The van der Waals surface area contributed by atoms with E-state index in [1.165, 1.54) is 28.2 Å². The van der Waals surface area contributed by atoms with Crippen LogP contribution in [0.5, 0.6) is 11.5 Å². The van der Waals surface area contributed by atoms with Crippen molar-refractivity contribution in [2.24, 2.45) is 0 Å². The lowest BCUT2D eigenvalue weighted by Gasteiger charge is -2.19. The Hall–Kier alpha value is -3.49.